The molecule has 0 saturated heterocycles. The van der Waals surface area contributed by atoms with Crippen molar-refractivity contribution in [3.05, 3.63) is 42.7 Å². The summed E-state index contributed by atoms with van der Waals surface area (Å²) in [6.45, 7) is 3.97. The third-order valence-corrected chi connectivity index (χ3v) is 3.55. The predicted octanol–water partition coefficient (Wildman–Crippen LogP) is 3.92. The summed E-state index contributed by atoms with van der Waals surface area (Å²) in [6, 6.07) is 10.6. The lowest BCUT2D eigenvalue weighted by Gasteiger charge is -2.12. The van der Waals surface area contributed by atoms with Crippen molar-refractivity contribution in [2.24, 2.45) is 0 Å². The fraction of sp³-hybridized carbons (Fsp3) is 0.235. The van der Waals surface area contributed by atoms with Gasteiger partial charge >= 0.3 is 6.03 Å². The molecule has 0 bridgehead atoms. The van der Waals surface area contributed by atoms with Crippen LogP contribution in [-0.2, 0) is 0 Å². The zero-order chi connectivity index (χ0) is 16.9. The van der Waals surface area contributed by atoms with Gasteiger partial charge in [-0.25, -0.2) is 4.79 Å². The van der Waals surface area contributed by atoms with Gasteiger partial charge in [0.15, 0.2) is 5.76 Å². The number of nitrogens with zero attached hydrogens (tertiary/aromatic N) is 2. The average molecular weight is 326 g/mol. The number of furan rings is 1. The molecule has 2 aromatic heterocycles. The number of nitrogens with one attached hydrogen (secondary N) is 2. The van der Waals surface area contributed by atoms with E-state index in [-0.39, 0.29) is 12.1 Å². The first-order valence-corrected chi connectivity index (χ1v) is 7.71. The number of carbonyl (C=O) groups excluding carboxylic acids is 1. The molecule has 2 amide bonds. The first-order chi connectivity index (χ1) is 11.7. The van der Waals surface area contributed by atoms with E-state index in [2.05, 4.69) is 20.8 Å². The molecule has 0 radical (unpaired) electrons. The van der Waals surface area contributed by atoms with E-state index in [1.807, 2.05) is 26.0 Å². The molecule has 24 heavy (non-hydrogen) atoms. The Kier molecular flexibility index (Phi) is 4.60. The van der Waals surface area contributed by atoms with Gasteiger partial charge in [0.05, 0.1) is 6.26 Å². The summed E-state index contributed by atoms with van der Waals surface area (Å²) in [4.78, 5) is 16.1. The number of anilines is 1. The van der Waals surface area contributed by atoms with Gasteiger partial charge in [-0.2, -0.15) is 4.98 Å². The monoisotopic (exact) mass is 326 g/mol. The topological polar surface area (TPSA) is 93.2 Å². The van der Waals surface area contributed by atoms with Crippen LogP contribution in [0.25, 0.3) is 23.0 Å². The smallest absolute Gasteiger partial charge is 0.319 e. The minimum absolute atomic E-state index is 0.128. The second kappa shape index (κ2) is 6.99. The summed E-state index contributed by atoms with van der Waals surface area (Å²) < 4.78 is 10.4. The number of hydrogen-bond acceptors (Lipinski definition) is 5. The van der Waals surface area contributed by atoms with Gasteiger partial charge in [0, 0.05) is 17.3 Å². The van der Waals surface area contributed by atoms with Crippen LogP contribution in [0.2, 0.25) is 0 Å². The summed E-state index contributed by atoms with van der Waals surface area (Å²) in [5.74, 6) is 1.30. The Labute approximate surface area is 139 Å². The highest BCUT2D eigenvalue weighted by molar-refractivity contribution is 5.89. The van der Waals surface area contributed by atoms with Crippen LogP contribution in [0.5, 0.6) is 0 Å². The van der Waals surface area contributed by atoms with Crippen molar-refractivity contribution in [1.82, 2.24) is 15.5 Å². The summed E-state index contributed by atoms with van der Waals surface area (Å²) in [7, 11) is 0. The Morgan fingerprint density at radius 1 is 1.25 bits per heavy atom. The number of amides is 2. The fourth-order valence-corrected chi connectivity index (χ4v) is 2.04. The minimum Gasteiger partial charge on any atom is -0.459 e. The molecule has 0 spiro atoms. The first-order valence-electron chi connectivity index (χ1n) is 7.71. The van der Waals surface area contributed by atoms with Crippen LogP contribution < -0.4 is 10.6 Å². The second-order valence-electron chi connectivity index (χ2n) is 5.39. The van der Waals surface area contributed by atoms with E-state index in [0.29, 0.717) is 23.2 Å². The van der Waals surface area contributed by atoms with Crippen molar-refractivity contribution in [3.8, 4) is 23.0 Å². The zero-order valence-electron chi connectivity index (χ0n) is 13.4. The number of hydrogen-bond donors (Lipinski definition) is 2. The maximum absolute atomic E-state index is 11.8. The Bertz CT molecular complexity index is 794. The molecule has 7 nitrogen and oxygen atoms in total. The minimum atomic E-state index is -0.225. The quantitative estimate of drug-likeness (QED) is 0.741. The molecule has 0 saturated carbocycles. The van der Waals surface area contributed by atoms with Crippen LogP contribution in [-0.4, -0.2) is 22.2 Å². The standard InChI is InChI=1S/C17H18N4O3/c1-3-11(2)18-17(22)19-13-8-6-12(7-9-13)15-20-16(24-21-15)14-5-4-10-23-14/h4-11H,3H2,1-2H3,(H2,18,19,22). The van der Waals surface area contributed by atoms with Gasteiger partial charge in [0.2, 0.25) is 5.82 Å². The molecule has 0 aliphatic rings. The van der Waals surface area contributed by atoms with Crippen LogP contribution in [0, 0.1) is 0 Å². The van der Waals surface area contributed by atoms with E-state index in [1.165, 1.54) is 0 Å². The molecular formula is C17H18N4O3. The Morgan fingerprint density at radius 3 is 2.71 bits per heavy atom. The van der Waals surface area contributed by atoms with Crippen molar-refractivity contribution >= 4 is 11.7 Å². The third kappa shape index (κ3) is 3.62. The molecule has 2 N–H and O–H groups in total. The molecule has 3 rings (SSSR count). The number of benzene rings is 1. The summed E-state index contributed by atoms with van der Waals surface area (Å²) in [5, 5.41) is 9.56. The van der Waals surface area contributed by atoms with Gasteiger partial charge in [-0.15, -0.1) is 0 Å². The van der Waals surface area contributed by atoms with Crippen LogP contribution in [0.15, 0.2) is 51.6 Å². The van der Waals surface area contributed by atoms with Gasteiger partial charge in [-0.05, 0) is 49.7 Å². The first kappa shape index (κ1) is 15.8. The number of aromatic nitrogens is 2. The van der Waals surface area contributed by atoms with Crippen LogP contribution in [0.4, 0.5) is 10.5 Å². The lowest BCUT2D eigenvalue weighted by molar-refractivity contribution is 0.249. The van der Waals surface area contributed by atoms with Crippen molar-refractivity contribution in [2.45, 2.75) is 26.3 Å². The largest absolute Gasteiger partial charge is 0.459 e. The van der Waals surface area contributed by atoms with Gasteiger partial charge in [0.1, 0.15) is 0 Å². The van der Waals surface area contributed by atoms with E-state index in [9.17, 15) is 4.79 Å². The molecule has 0 fully saturated rings. The van der Waals surface area contributed by atoms with Crippen LogP contribution in [0.3, 0.4) is 0 Å². The second-order valence-corrected chi connectivity index (χ2v) is 5.39. The summed E-state index contributed by atoms with van der Waals surface area (Å²) >= 11 is 0. The average Bonchev–Trinajstić information content (AvgIpc) is 3.26. The van der Waals surface area contributed by atoms with Crippen molar-refractivity contribution in [2.75, 3.05) is 5.32 Å². The van der Waals surface area contributed by atoms with E-state index < -0.39 is 0 Å². The molecule has 1 unspecified atom stereocenters. The summed E-state index contributed by atoms with van der Waals surface area (Å²) in [6.07, 6.45) is 2.42. The van der Waals surface area contributed by atoms with E-state index in [4.69, 9.17) is 8.94 Å². The molecule has 0 aliphatic heterocycles. The van der Waals surface area contributed by atoms with Crippen LogP contribution in [0.1, 0.15) is 20.3 Å². The number of urea groups is 1. The van der Waals surface area contributed by atoms with Crippen molar-refractivity contribution < 1.29 is 13.7 Å². The molecule has 1 atom stereocenters. The van der Waals surface area contributed by atoms with Crippen LogP contribution >= 0.6 is 0 Å². The molecule has 124 valence electrons. The van der Waals surface area contributed by atoms with Gasteiger partial charge < -0.3 is 19.6 Å². The predicted molar refractivity (Wildman–Crippen MR) is 89.3 cm³/mol. The number of carbonyl (C=O) groups is 1. The van der Waals surface area contributed by atoms with Crippen molar-refractivity contribution in [3.63, 3.8) is 0 Å². The molecule has 3 aromatic rings. The highest BCUT2D eigenvalue weighted by atomic mass is 16.5. The van der Waals surface area contributed by atoms with Gasteiger partial charge in [-0.3, -0.25) is 0 Å². The lowest BCUT2D eigenvalue weighted by Crippen LogP contribution is -2.35. The SMILES string of the molecule is CCC(C)NC(=O)Nc1ccc(-c2noc(-c3ccco3)n2)cc1. The lowest BCUT2D eigenvalue weighted by atomic mass is 10.2. The Balaban J connectivity index is 1.67. The molecular weight excluding hydrogens is 308 g/mol. The maximum atomic E-state index is 11.8. The number of rotatable bonds is 5. The third-order valence-electron chi connectivity index (χ3n) is 3.55. The molecule has 1 aromatic carbocycles. The van der Waals surface area contributed by atoms with Gasteiger partial charge in [-0.1, -0.05) is 12.1 Å². The van der Waals surface area contributed by atoms with E-state index in [0.717, 1.165) is 12.0 Å². The summed E-state index contributed by atoms with van der Waals surface area (Å²) in [5.41, 5.74) is 1.47. The van der Waals surface area contributed by atoms with E-state index in [1.54, 1.807) is 30.5 Å². The highest BCUT2D eigenvalue weighted by Crippen LogP contribution is 2.23. The van der Waals surface area contributed by atoms with Crippen molar-refractivity contribution in [1.29, 1.82) is 0 Å². The normalized spacial score (nSPS) is 11.9. The highest BCUT2D eigenvalue weighted by Gasteiger charge is 2.12. The zero-order valence-corrected chi connectivity index (χ0v) is 13.4. The molecule has 0 aliphatic carbocycles. The molecule has 7 heteroatoms. The molecule has 2 heterocycles. The Morgan fingerprint density at radius 2 is 2.04 bits per heavy atom. The Hall–Kier alpha value is -3.09. The van der Waals surface area contributed by atoms with E-state index >= 15 is 0 Å². The van der Waals surface area contributed by atoms with Gasteiger partial charge in [0.25, 0.3) is 5.89 Å². The fourth-order valence-electron chi connectivity index (χ4n) is 2.04. The maximum Gasteiger partial charge on any atom is 0.319 e.